The third kappa shape index (κ3) is 15.7. The van der Waals surface area contributed by atoms with Crippen molar-refractivity contribution in [3.63, 3.8) is 0 Å². The Hall–Kier alpha value is -0.357. The van der Waals surface area contributed by atoms with Crippen LogP contribution in [0, 0.1) is 25.1 Å². The van der Waals surface area contributed by atoms with Crippen molar-refractivity contribution in [3.8, 4) is 0 Å². The van der Waals surface area contributed by atoms with E-state index in [0.717, 1.165) is 12.8 Å². The fourth-order valence-electron chi connectivity index (χ4n) is 1.16. The molecule has 0 fully saturated rings. The molecule has 3 heteroatoms. The van der Waals surface area contributed by atoms with Crippen molar-refractivity contribution in [2.75, 3.05) is 0 Å². The summed E-state index contributed by atoms with van der Waals surface area (Å²) in [6.07, 6.45) is 20.0. The molecule has 0 spiro atoms. The van der Waals surface area contributed by atoms with Gasteiger partial charge in [-0.15, -0.1) is 37.7 Å². The molecule has 2 aliphatic carbocycles. The van der Waals surface area contributed by atoms with Crippen LogP contribution in [0.2, 0.25) is 0 Å². The summed E-state index contributed by atoms with van der Waals surface area (Å²) < 4.78 is 0. The van der Waals surface area contributed by atoms with E-state index in [1.807, 2.05) is 55.5 Å². The van der Waals surface area contributed by atoms with Crippen molar-refractivity contribution in [2.24, 2.45) is 0 Å². The largest absolute Gasteiger partial charge is 3.00 e. The Labute approximate surface area is 154 Å². The fourth-order valence-corrected chi connectivity index (χ4v) is 1.16. The van der Waals surface area contributed by atoms with Crippen molar-refractivity contribution >= 4 is 24.8 Å². The molecule has 2 aliphatic rings. The zero-order valence-electron chi connectivity index (χ0n) is 11.5. The van der Waals surface area contributed by atoms with E-state index in [9.17, 15) is 0 Å². The molecule has 3 rings (SSSR count). The monoisotopic (exact) mass is 383 g/mol. The zero-order valence-corrected chi connectivity index (χ0v) is 15.6. The Morgan fingerprint density at radius 3 is 1.60 bits per heavy atom. The maximum absolute atomic E-state index is 3.03. The molecular formula is C17H19Cl2Zr. The summed E-state index contributed by atoms with van der Waals surface area (Å²) in [5.41, 5.74) is 1.20. The predicted octanol–water partition coefficient (Wildman–Crippen LogP) is 5.25. The normalized spacial score (nSPS) is 11.8. The van der Waals surface area contributed by atoms with Crippen molar-refractivity contribution in [3.05, 3.63) is 84.5 Å². The van der Waals surface area contributed by atoms with Crippen molar-refractivity contribution in [2.45, 2.75) is 19.8 Å². The number of allylic oxidation sites excluding steroid dienone is 8. The summed E-state index contributed by atoms with van der Waals surface area (Å²) in [5, 5.41) is 0. The van der Waals surface area contributed by atoms with E-state index in [0.29, 0.717) is 0 Å². The molecule has 0 N–H and O–H groups in total. The van der Waals surface area contributed by atoms with Gasteiger partial charge in [-0.1, -0.05) is 6.92 Å². The molecule has 0 nitrogen and oxygen atoms in total. The van der Waals surface area contributed by atoms with Gasteiger partial charge >= 0.3 is 26.2 Å². The average Bonchev–Trinajstić information content (AvgIpc) is 3.09. The molecule has 105 valence electrons. The third-order valence-electron chi connectivity index (χ3n) is 2.04. The molecular weight excluding hydrogens is 366 g/mol. The maximum atomic E-state index is 3.03. The zero-order chi connectivity index (χ0) is 12.2. The van der Waals surface area contributed by atoms with Crippen LogP contribution < -0.4 is 0 Å². The maximum Gasteiger partial charge on any atom is 3.00 e. The first kappa shape index (κ1) is 24.6. The molecule has 1 aromatic carbocycles. The van der Waals surface area contributed by atoms with Gasteiger partial charge in [0.1, 0.15) is 0 Å². The van der Waals surface area contributed by atoms with Crippen LogP contribution in [0.25, 0.3) is 0 Å². The molecule has 1 aromatic rings. The quantitative estimate of drug-likeness (QED) is 0.535. The molecule has 1 radical (unpaired) electrons. The number of aryl methyl sites for hydroxylation is 1. The van der Waals surface area contributed by atoms with Crippen LogP contribution in [-0.2, 0) is 26.2 Å². The van der Waals surface area contributed by atoms with Gasteiger partial charge in [-0.3, -0.25) is 12.2 Å². The Balaban J connectivity index is -0.000000205. The smallest absolute Gasteiger partial charge is 0.273 e. The molecule has 20 heavy (non-hydrogen) atoms. The average molecular weight is 385 g/mol. The predicted molar refractivity (Wildman–Crippen MR) is 87.7 cm³/mol. The van der Waals surface area contributed by atoms with Crippen LogP contribution in [0.4, 0.5) is 0 Å². The second-order valence-corrected chi connectivity index (χ2v) is 3.55. The molecule has 0 aromatic heterocycles. The first-order chi connectivity index (χ1) is 8.39. The van der Waals surface area contributed by atoms with E-state index >= 15 is 0 Å². The SMILES string of the molecule is Cc1[c-]cccc1.Cl.Cl.[C-]1=CC=CC1.[C-]1=CC=CC1.[Zr+3]. The Morgan fingerprint density at radius 2 is 1.45 bits per heavy atom. The summed E-state index contributed by atoms with van der Waals surface area (Å²) in [7, 11) is 0. The summed E-state index contributed by atoms with van der Waals surface area (Å²) in [6, 6.07) is 10.9. The van der Waals surface area contributed by atoms with Gasteiger partial charge in [0, 0.05) is 0 Å². The Bertz CT molecular complexity index is 364. The topological polar surface area (TPSA) is 0 Å². The van der Waals surface area contributed by atoms with Gasteiger partial charge in [0.2, 0.25) is 0 Å². The number of halogens is 2. The standard InChI is InChI=1S/C7H7.2C5H5.2ClH.Zr/c1-7-5-3-2-4-6-7;2*1-2-4-5-3-1;;;/h2-5H,1H3;2*1-3H,4H2;2*1H;/q3*-1;;;+3. The summed E-state index contributed by atoms with van der Waals surface area (Å²) in [5.74, 6) is 0. The number of benzene rings is 1. The van der Waals surface area contributed by atoms with E-state index in [4.69, 9.17) is 0 Å². The van der Waals surface area contributed by atoms with E-state index < -0.39 is 0 Å². The van der Waals surface area contributed by atoms with Crippen molar-refractivity contribution < 1.29 is 26.2 Å². The Kier molecular flexibility index (Phi) is 23.0. The van der Waals surface area contributed by atoms with Gasteiger partial charge in [-0.2, -0.15) is 48.0 Å². The van der Waals surface area contributed by atoms with Crippen LogP contribution in [-0.4, -0.2) is 0 Å². The minimum absolute atomic E-state index is 0. The van der Waals surface area contributed by atoms with Gasteiger partial charge in [-0.05, 0) is 0 Å². The van der Waals surface area contributed by atoms with Gasteiger partial charge in [0.15, 0.2) is 0 Å². The molecule has 0 saturated carbocycles. The summed E-state index contributed by atoms with van der Waals surface area (Å²) in [6.45, 7) is 2.03. The number of rotatable bonds is 0. The van der Waals surface area contributed by atoms with E-state index in [1.54, 1.807) is 0 Å². The second kappa shape index (κ2) is 18.6. The van der Waals surface area contributed by atoms with Gasteiger partial charge < -0.3 is 0 Å². The van der Waals surface area contributed by atoms with Crippen molar-refractivity contribution in [1.29, 1.82) is 0 Å². The third-order valence-corrected chi connectivity index (χ3v) is 2.04. The molecule has 0 heterocycles. The summed E-state index contributed by atoms with van der Waals surface area (Å²) in [4.78, 5) is 0. The first-order valence-corrected chi connectivity index (χ1v) is 5.76. The molecule has 0 saturated heterocycles. The van der Waals surface area contributed by atoms with Gasteiger partial charge in [0.25, 0.3) is 0 Å². The second-order valence-electron chi connectivity index (χ2n) is 3.55. The number of hydrogen-bond acceptors (Lipinski definition) is 0. The molecule has 0 bridgehead atoms. The van der Waals surface area contributed by atoms with E-state index in [2.05, 4.69) is 30.4 Å². The van der Waals surface area contributed by atoms with Crippen LogP contribution >= 0.6 is 24.8 Å². The van der Waals surface area contributed by atoms with E-state index in [1.165, 1.54) is 5.56 Å². The van der Waals surface area contributed by atoms with E-state index in [-0.39, 0.29) is 51.0 Å². The van der Waals surface area contributed by atoms with Crippen LogP contribution in [0.3, 0.4) is 0 Å². The van der Waals surface area contributed by atoms with Crippen LogP contribution in [0.15, 0.2) is 60.7 Å². The van der Waals surface area contributed by atoms with Crippen LogP contribution in [0.5, 0.6) is 0 Å². The minimum atomic E-state index is 0. The summed E-state index contributed by atoms with van der Waals surface area (Å²) >= 11 is 0. The van der Waals surface area contributed by atoms with Gasteiger partial charge in [0.05, 0.1) is 0 Å². The molecule has 0 unspecified atom stereocenters. The van der Waals surface area contributed by atoms with Crippen LogP contribution in [0.1, 0.15) is 18.4 Å². The molecule has 0 aliphatic heterocycles. The first-order valence-electron chi connectivity index (χ1n) is 5.76. The minimum Gasteiger partial charge on any atom is -0.273 e. The number of hydrogen-bond donors (Lipinski definition) is 0. The molecule has 0 atom stereocenters. The van der Waals surface area contributed by atoms with Gasteiger partial charge in [-0.25, -0.2) is 24.3 Å². The molecule has 0 amide bonds. The Morgan fingerprint density at radius 1 is 0.900 bits per heavy atom. The fraction of sp³-hybridized carbons (Fsp3) is 0.176. The van der Waals surface area contributed by atoms with Crippen molar-refractivity contribution in [1.82, 2.24) is 0 Å².